The minimum atomic E-state index is -0.308. The SMILES string of the molecule is CN1CCCN(C)c2ccc(cn2)-c2ccnc(n2)Nc2cc(F)cc(c2)CN2CCN(CC2)CC1=O. The average molecular weight is 505 g/mol. The van der Waals surface area contributed by atoms with Gasteiger partial charge in [-0.15, -0.1) is 0 Å². The number of nitrogens with zero attached hydrogens (tertiary/aromatic N) is 7. The minimum absolute atomic E-state index is 0.140. The number of hydrogen-bond donors (Lipinski definition) is 1. The van der Waals surface area contributed by atoms with Crippen molar-refractivity contribution in [3.8, 4) is 11.3 Å². The largest absolute Gasteiger partial charge is 0.360 e. The highest BCUT2D eigenvalue weighted by molar-refractivity contribution is 5.78. The van der Waals surface area contributed by atoms with Gasteiger partial charge in [-0.2, -0.15) is 0 Å². The molecule has 0 atom stereocenters. The van der Waals surface area contributed by atoms with E-state index in [0.29, 0.717) is 31.3 Å². The number of benzene rings is 1. The van der Waals surface area contributed by atoms with Crippen LogP contribution in [0.2, 0.25) is 0 Å². The molecule has 1 saturated heterocycles. The van der Waals surface area contributed by atoms with Gasteiger partial charge in [0, 0.05) is 83.6 Å². The summed E-state index contributed by atoms with van der Waals surface area (Å²) in [5.74, 6) is 1.09. The zero-order valence-corrected chi connectivity index (χ0v) is 21.4. The van der Waals surface area contributed by atoms with Gasteiger partial charge in [-0.05, 0) is 48.4 Å². The fourth-order valence-corrected chi connectivity index (χ4v) is 4.75. The van der Waals surface area contributed by atoms with Gasteiger partial charge in [0.05, 0.1) is 12.2 Å². The maximum atomic E-state index is 14.5. The van der Waals surface area contributed by atoms with Crippen LogP contribution >= 0.6 is 0 Å². The van der Waals surface area contributed by atoms with Crippen molar-refractivity contribution in [1.82, 2.24) is 29.7 Å². The molecule has 1 aromatic carbocycles. The highest BCUT2D eigenvalue weighted by Gasteiger charge is 2.21. The van der Waals surface area contributed by atoms with Crippen molar-refractivity contribution in [3.05, 3.63) is 60.2 Å². The molecule has 1 fully saturated rings. The van der Waals surface area contributed by atoms with Gasteiger partial charge in [-0.25, -0.2) is 19.3 Å². The third kappa shape index (κ3) is 6.39. The summed E-state index contributed by atoms with van der Waals surface area (Å²) in [4.78, 5) is 34.7. The van der Waals surface area contributed by atoms with Crippen molar-refractivity contribution in [1.29, 1.82) is 0 Å². The molecule has 9 nitrogen and oxygen atoms in total. The molecule has 5 aliphatic heterocycles. The summed E-state index contributed by atoms with van der Waals surface area (Å²) in [6.07, 6.45) is 4.33. The lowest BCUT2D eigenvalue weighted by Gasteiger charge is -2.35. The second-order valence-electron chi connectivity index (χ2n) is 9.79. The molecule has 8 rings (SSSR count). The molecule has 0 radical (unpaired) electrons. The lowest BCUT2D eigenvalue weighted by Crippen LogP contribution is -2.49. The summed E-state index contributed by atoms with van der Waals surface area (Å²) >= 11 is 0. The molecule has 1 N–H and O–H groups in total. The number of amides is 1. The Bertz CT molecular complexity index is 1230. The maximum absolute atomic E-state index is 14.5. The summed E-state index contributed by atoms with van der Waals surface area (Å²) in [6, 6.07) is 10.7. The van der Waals surface area contributed by atoms with E-state index in [0.717, 1.165) is 61.8 Å². The number of piperazine rings is 1. The Kier molecular flexibility index (Phi) is 7.57. The zero-order chi connectivity index (χ0) is 25.8. The van der Waals surface area contributed by atoms with Gasteiger partial charge in [0.25, 0.3) is 0 Å². The number of rotatable bonds is 0. The van der Waals surface area contributed by atoms with Crippen LogP contribution < -0.4 is 10.2 Å². The molecule has 8 bridgehead atoms. The van der Waals surface area contributed by atoms with Crippen molar-refractivity contribution >= 4 is 23.4 Å². The first-order valence-electron chi connectivity index (χ1n) is 12.7. The minimum Gasteiger partial charge on any atom is -0.360 e. The molecule has 194 valence electrons. The monoisotopic (exact) mass is 504 g/mol. The van der Waals surface area contributed by atoms with Crippen LogP contribution in [0.4, 0.5) is 21.8 Å². The highest BCUT2D eigenvalue weighted by Crippen LogP contribution is 2.23. The number of pyridine rings is 1. The van der Waals surface area contributed by atoms with Crippen molar-refractivity contribution in [3.63, 3.8) is 0 Å². The van der Waals surface area contributed by atoms with Crippen molar-refractivity contribution in [2.75, 3.05) is 70.1 Å². The quantitative estimate of drug-likeness (QED) is 0.501. The Morgan fingerprint density at radius 3 is 2.38 bits per heavy atom. The van der Waals surface area contributed by atoms with E-state index >= 15 is 0 Å². The van der Waals surface area contributed by atoms with Gasteiger partial charge >= 0.3 is 0 Å². The number of likely N-dealkylation sites (N-methyl/N-ethyl adjacent to an activating group) is 1. The Morgan fingerprint density at radius 2 is 1.62 bits per heavy atom. The normalized spacial score (nSPS) is 21.1. The van der Waals surface area contributed by atoms with Gasteiger partial charge in [-0.3, -0.25) is 14.6 Å². The number of aromatic nitrogens is 3. The molecular formula is C27H33FN8O. The summed E-state index contributed by atoms with van der Waals surface area (Å²) in [5, 5.41) is 3.16. The number of carbonyl (C=O) groups excluding carboxylic acids is 1. The number of hydrogen-bond acceptors (Lipinski definition) is 8. The van der Waals surface area contributed by atoms with Crippen LogP contribution in [-0.4, -0.2) is 95.5 Å². The molecular weight excluding hydrogens is 471 g/mol. The van der Waals surface area contributed by atoms with E-state index in [1.807, 2.05) is 43.3 Å². The van der Waals surface area contributed by atoms with Crippen molar-refractivity contribution < 1.29 is 9.18 Å². The van der Waals surface area contributed by atoms with E-state index in [2.05, 4.69) is 35.0 Å². The average Bonchev–Trinajstić information content (AvgIpc) is 2.89. The van der Waals surface area contributed by atoms with Crippen LogP contribution in [0, 0.1) is 5.82 Å². The first-order valence-corrected chi connectivity index (χ1v) is 12.7. The molecule has 37 heavy (non-hydrogen) atoms. The van der Waals surface area contributed by atoms with E-state index in [-0.39, 0.29) is 11.7 Å². The molecule has 0 aliphatic carbocycles. The fourth-order valence-electron chi connectivity index (χ4n) is 4.75. The Balaban J connectivity index is 1.41. The second-order valence-corrected chi connectivity index (χ2v) is 9.79. The van der Waals surface area contributed by atoms with E-state index in [1.165, 1.54) is 6.07 Å². The predicted octanol–water partition coefficient (Wildman–Crippen LogP) is 2.84. The number of carbonyl (C=O) groups is 1. The first-order chi connectivity index (χ1) is 17.9. The number of anilines is 3. The van der Waals surface area contributed by atoms with Gasteiger partial charge in [0.1, 0.15) is 11.6 Å². The second kappa shape index (κ2) is 11.2. The smallest absolute Gasteiger partial charge is 0.236 e. The van der Waals surface area contributed by atoms with Crippen LogP contribution in [0.5, 0.6) is 0 Å². The van der Waals surface area contributed by atoms with E-state index < -0.39 is 0 Å². The zero-order valence-electron chi connectivity index (χ0n) is 21.4. The van der Waals surface area contributed by atoms with Crippen molar-refractivity contribution in [2.45, 2.75) is 13.0 Å². The number of halogens is 1. The predicted molar refractivity (Wildman–Crippen MR) is 142 cm³/mol. The molecule has 0 saturated carbocycles. The highest BCUT2D eigenvalue weighted by atomic mass is 19.1. The van der Waals surface area contributed by atoms with E-state index in [4.69, 9.17) is 0 Å². The van der Waals surface area contributed by atoms with E-state index in [1.54, 1.807) is 18.5 Å². The third-order valence-corrected chi connectivity index (χ3v) is 6.95. The maximum Gasteiger partial charge on any atom is 0.236 e. The molecule has 2 aromatic heterocycles. The first kappa shape index (κ1) is 25.0. The third-order valence-electron chi connectivity index (χ3n) is 6.95. The number of nitrogens with one attached hydrogen (secondary N) is 1. The van der Waals surface area contributed by atoms with Gasteiger partial charge in [0.2, 0.25) is 11.9 Å². The van der Waals surface area contributed by atoms with Gasteiger partial charge in [0.15, 0.2) is 0 Å². The summed E-state index contributed by atoms with van der Waals surface area (Å²) in [5.41, 5.74) is 3.08. The molecule has 0 spiro atoms. The fraction of sp³-hybridized carbons (Fsp3) is 0.407. The Morgan fingerprint density at radius 1 is 0.865 bits per heavy atom. The van der Waals surface area contributed by atoms with Crippen molar-refractivity contribution in [2.24, 2.45) is 0 Å². The Hall–Kier alpha value is -3.63. The summed E-state index contributed by atoms with van der Waals surface area (Å²) in [6.45, 7) is 5.83. The van der Waals surface area contributed by atoms with E-state index in [9.17, 15) is 9.18 Å². The van der Waals surface area contributed by atoms with Gasteiger partial charge < -0.3 is 15.1 Å². The van der Waals surface area contributed by atoms with Crippen LogP contribution in [0.3, 0.4) is 0 Å². The molecule has 3 aromatic rings. The molecule has 1 amide bonds. The van der Waals surface area contributed by atoms with Crippen LogP contribution in [0.15, 0.2) is 48.8 Å². The standard InChI is InChI=1S/C27H33FN8O/c1-33-8-3-9-34(2)26(37)19-36-12-10-35(11-13-36)18-20-14-22(28)16-23(15-20)31-27-29-7-6-24(32-27)21-4-5-25(33)30-17-21/h4-7,14-17H,3,8-13,18-19H2,1-2H3,(H,29,31,32). The van der Waals surface area contributed by atoms with Crippen LogP contribution in [-0.2, 0) is 11.3 Å². The molecule has 10 heteroatoms. The lowest BCUT2D eigenvalue weighted by molar-refractivity contribution is -0.131. The van der Waals surface area contributed by atoms with Crippen LogP contribution in [0.25, 0.3) is 11.3 Å². The lowest BCUT2D eigenvalue weighted by atomic mass is 10.1. The molecule has 5 aliphatic rings. The Labute approximate surface area is 216 Å². The summed E-state index contributed by atoms with van der Waals surface area (Å²) < 4.78 is 14.5. The molecule has 0 unspecified atom stereocenters. The summed E-state index contributed by atoms with van der Waals surface area (Å²) in [7, 11) is 3.88. The topological polar surface area (TPSA) is 80.7 Å². The molecule has 7 heterocycles. The van der Waals surface area contributed by atoms with Crippen LogP contribution in [0.1, 0.15) is 12.0 Å². The van der Waals surface area contributed by atoms with Gasteiger partial charge in [-0.1, -0.05) is 0 Å².